The zero-order valence-corrected chi connectivity index (χ0v) is 13.3. The van der Waals surface area contributed by atoms with Crippen LogP contribution in [0.4, 0.5) is 4.79 Å². The molecule has 3 N–H and O–H groups in total. The number of amides is 2. The van der Waals surface area contributed by atoms with Crippen LogP contribution in [0.25, 0.3) is 0 Å². The Balaban J connectivity index is 1.64. The molecule has 0 unspecified atom stereocenters. The van der Waals surface area contributed by atoms with Gasteiger partial charge in [0.25, 0.3) is 0 Å². The normalized spacial score (nSPS) is 15.7. The predicted molar refractivity (Wildman–Crippen MR) is 89.3 cm³/mol. The van der Waals surface area contributed by atoms with Crippen LogP contribution >= 0.6 is 0 Å². The molecule has 0 bridgehead atoms. The molecule has 2 rings (SSSR count). The van der Waals surface area contributed by atoms with Crippen molar-refractivity contribution in [2.45, 2.75) is 37.7 Å². The Morgan fingerprint density at radius 2 is 1.96 bits per heavy atom. The molecule has 1 saturated carbocycles. The maximum atomic E-state index is 11.7. The fourth-order valence-electron chi connectivity index (χ4n) is 2.71. The summed E-state index contributed by atoms with van der Waals surface area (Å²) in [6.07, 6.45) is 9.45. The molecular weight excluding hydrogens is 292 g/mol. The molecule has 0 spiro atoms. The van der Waals surface area contributed by atoms with Crippen molar-refractivity contribution in [3.8, 4) is 18.1 Å². The van der Waals surface area contributed by atoms with Crippen molar-refractivity contribution in [2.75, 3.05) is 19.7 Å². The van der Waals surface area contributed by atoms with Gasteiger partial charge in [0.1, 0.15) is 12.4 Å². The summed E-state index contributed by atoms with van der Waals surface area (Å²) in [5.74, 6) is 3.16. The zero-order chi connectivity index (χ0) is 16.5. The lowest BCUT2D eigenvalue weighted by molar-refractivity contribution is 0.0501. The zero-order valence-electron chi connectivity index (χ0n) is 13.3. The Morgan fingerprint density at radius 1 is 1.26 bits per heavy atom. The van der Waals surface area contributed by atoms with Crippen molar-refractivity contribution in [2.24, 2.45) is 0 Å². The number of carbonyl (C=O) groups is 1. The highest BCUT2D eigenvalue weighted by Crippen LogP contribution is 2.28. The molecule has 1 aromatic carbocycles. The molecule has 124 valence electrons. The van der Waals surface area contributed by atoms with Crippen molar-refractivity contribution in [1.82, 2.24) is 10.6 Å². The second-order valence-electron chi connectivity index (χ2n) is 5.93. The van der Waals surface area contributed by atoms with Gasteiger partial charge in [-0.3, -0.25) is 0 Å². The molecule has 0 radical (unpaired) electrons. The van der Waals surface area contributed by atoms with E-state index in [0.29, 0.717) is 13.1 Å². The maximum absolute atomic E-state index is 11.7. The molecule has 0 heterocycles. The van der Waals surface area contributed by atoms with Gasteiger partial charge >= 0.3 is 6.03 Å². The highest BCUT2D eigenvalue weighted by molar-refractivity contribution is 5.73. The number of hydrogen-bond acceptors (Lipinski definition) is 3. The average Bonchev–Trinajstić information content (AvgIpc) is 2.99. The first-order valence-electron chi connectivity index (χ1n) is 8.01. The third kappa shape index (κ3) is 5.84. The predicted octanol–water partition coefficient (Wildman–Crippen LogP) is 1.85. The number of benzene rings is 1. The van der Waals surface area contributed by atoms with Crippen LogP contribution in [-0.2, 0) is 6.42 Å². The second kappa shape index (κ2) is 8.44. The number of rotatable bonds is 7. The van der Waals surface area contributed by atoms with Crippen molar-refractivity contribution in [1.29, 1.82) is 0 Å². The van der Waals surface area contributed by atoms with Gasteiger partial charge in [0, 0.05) is 13.1 Å². The molecule has 0 saturated heterocycles. The topological polar surface area (TPSA) is 70.6 Å². The number of nitrogens with one attached hydrogen (secondary N) is 2. The van der Waals surface area contributed by atoms with Crippen LogP contribution in [-0.4, -0.2) is 36.4 Å². The number of aliphatic hydroxyl groups is 1. The largest absolute Gasteiger partial charge is 0.481 e. The Morgan fingerprint density at radius 3 is 2.61 bits per heavy atom. The Hall–Kier alpha value is -2.19. The Bertz CT molecular complexity index is 542. The van der Waals surface area contributed by atoms with Gasteiger partial charge in [-0.2, -0.15) is 0 Å². The standard InChI is InChI=1S/C18H24N2O3/c1-2-13-23-16-7-5-15(6-8-16)9-12-19-17(21)20-14-18(22)10-3-4-11-18/h1,5-8,22H,3-4,9-14H2,(H2,19,20,21). The molecule has 23 heavy (non-hydrogen) atoms. The van der Waals surface area contributed by atoms with Gasteiger partial charge in [-0.15, -0.1) is 6.42 Å². The van der Waals surface area contributed by atoms with E-state index in [4.69, 9.17) is 11.2 Å². The summed E-state index contributed by atoms with van der Waals surface area (Å²) in [7, 11) is 0. The van der Waals surface area contributed by atoms with E-state index in [2.05, 4.69) is 16.6 Å². The highest BCUT2D eigenvalue weighted by atomic mass is 16.5. The van der Waals surface area contributed by atoms with E-state index < -0.39 is 5.60 Å². The van der Waals surface area contributed by atoms with Crippen molar-refractivity contribution in [3.63, 3.8) is 0 Å². The molecular formula is C18H24N2O3. The van der Waals surface area contributed by atoms with Gasteiger partial charge in [-0.1, -0.05) is 30.9 Å². The number of carbonyl (C=O) groups excluding carboxylic acids is 1. The molecule has 1 fully saturated rings. The number of urea groups is 1. The van der Waals surface area contributed by atoms with E-state index >= 15 is 0 Å². The number of ether oxygens (including phenoxy) is 1. The van der Waals surface area contributed by atoms with E-state index in [1.165, 1.54) is 0 Å². The monoisotopic (exact) mass is 316 g/mol. The fourth-order valence-corrected chi connectivity index (χ4v) is 2.71. The molecule has 2 amide bonds. The van der Waals surface area contributed by atoms with Crippen LogP contribution in [0.2, 0.25) is 0 Å². The second-order valence-corrected chi connectivity index (χ2v) is 5.93. The van der Waals surface area contributed by atoms with Crippen LogP contribution < -0.4 is 15.4 Å². The summed E-state index contributed by atoms with van der Waals surface area (Å²) in [5.41, 5.74) is 0.388. The third-order valence-electron chi connectivity index (χ3n) is 4.06. The molecule has 5 nitrogen and oxygen atoms in total. The molecule has 1 aliphatic rings. The van der Waals surface area contributed by atoms with Gasteiger partial charge in [0.15, 0.2) is 0 Å². The quantitative estimate of drug-likeness (QED) is 0.672. The Labute approximate surface area is 137 Å². The van der Waals surface area contributed by atoms with Gasteiger partial charge in [0.2, 0.25) is 0 Å². The van der Waals surface area contributed by atoms with Crippen LogP contribution in [0.15, 0.2) is 24.3 Å². The van der Waals surface area contributed by atoms with E-state index in [9.17, 15) is 9.90 Å². The summed E-state index contributed by atoms with van der Waals surface area (Å²) in [6, 6.07) is 7.39. The van der Waals surface area contributed by atoms with Crippen LogP contribution in [0, 0.1) is 12.3 Å². The van der Waals surface area contributed by atoms with E-state index in [1.54, 1.807) is 0 Å². The minimum absolute atomic E-state index is 0.237. The van der Waals surface area contributed by atoms with Gasteiger partial charge in [-0.25, -0.2) is 4.79 Å². The van der Waals surface area contributed by atoms with Crippen LogP contribution in [0.3, 0.4) is 0 Å². The fraction of sp³-hybridized carbons (Fsp3) is 0.500. The molecule has 0 aromatic heterocycles. The van der Waals surface area contributed by atoms with E-state index in [-0.39, 0.29) is 12.6 Å². The lowest BCUT2D eigenvalue weighted by atomic mass is 10.0. The summed E-state index contributed by atoms with van der Waals surface area (Å²) in [5, 5.41) is 15.7. The third-order valence-corrected chi connectivity index (χ3v) is 4.06. The minimum Gasteiger partial charge on any atom is -0.481 e. The first kappa shape index (κ1) is 17.2. The number of hydrogen-bond donors (Lipinski definition) is 3. The van der Waals surface area contributed by atoms with Gasteiger partial charge in [0.05, 0.1) is 5.60 Å². The molecule has 0 aliphatic heterocycles. The minimum atomic E-state index is -0.717. The summed E-state index contributed by atoms with van der Waals surface area (Å²) in [4.78, 5) is 11.7. The molecule has 0 atom stereocenters. The van der Waals surface area contributed by atoms with Crippen molar-refractivity contribution in [3.05, 3.63) is 29.8 Å². The van der Waals surface area contributed by atoms with Crippen LogP contribution in [0.5, 0.6) is 5.75 Å². The maximum Gasteiger partial charge on any atom is 0.314 e. The Kier molecular flexibility index (Phi) is 6.30. The lowest BCUT2D eigenvalue weighted by Gasteiger charge is -2.22. The first-order valence-corrected chi connectivity index (χ1v) is 8.01. The highest BCUT2D eigenvalue weighted by Gasteiger charge is 2.31. The summed E-state index contributed by atoms with van der Waals surface area (Å²) >= 11 is 0. The van der Waals surface area contributed by atoms with Crippen molar-refractivity contribution < 1.29 is 14.6 Å². The molecule has 1 aliphatic carbocycles. The van der Waals surface area contributed by atoms with Gasteiger partial charge < -0.3 is 20.5 Å². The van der Waals surface area contributed by atoms with E-state index in [1.807, 2.05) is 24.3 Å². The smallest absolute Gasteiger partial charge is 0.314 e. The van der Waals surface area contributed by atoms with Crippen molar-refractivity contribution >= 4 is 6.03 Å². The average molecular weight is 316 g/mol. The lowest BCUT2D eigenvalue weighted by Crippen LogP contribution is -2.45. The first-order chi connectivity index (χ1) is 11.1. The molecule has 1 aromatic rings. The SMILES string of the molecule is C#CCOc1ccc(CCNC(=O)NCC2(O)CCCC2)cc1. The number of terminal acetylenes is 1. The van der Waals surface area contributed by atoms with Crippen LogP contribution in [0.1, 0.15) is 31.2 Å². The van der Waals surface area contributed by atoms with E-state index in [0.717, 1.165) is 43.4 Å². The molecule has 5 heteroatoms. The summed E-state index contributed by atoms with van der Waals surface area (Å²) < 4.78 is 5.30. The summed E-state index contributed by atoms with van der Waals surface area (Å²) in [6.45, 7) is 1.11. The van der Waals surface area contributed by atoms with Gasteiger partial charge in [-0.05, 0) is 37.0 Å².